The summed E-state index contributed by atoms with van der Waals surface area (Å²) < 4.78 is 35.6. The molecule has 0 amide bonds. The van der Waals surface area contributed by atoms with Crippen LogP contribution in [-0.2, 0) is 33.2 Å². The summed E-state index contributed by atoms with van der Waals surface area (Å²) in [5, 5.41) is 114. The van der Waals surface area contributed by atoms with Gasteiger partial charge in [0, 0.05) is 0 Å². The van der Waals surface area contributed by atoms with Gasteiger partial charge >= 0.3 is 5.97 Å². The third-order valence-electron chi connectivity index (χ3n) is 15.0. The molecule has 0 radical (unpaired) electrons. The lowest BCUT2D eigenvalue weighted by atomic mass is 9.41. The number of aliphatic hydroxyl groups is 11. The van der Waals surface area contributed by atoms with Crippen LogP contribution in [0.15, 0.2) is 12.2 Å². The standard InChI is InChI=1S/C38H60O18/c1-16-11-37-9-5-20-35(2,7-4-8-36(20,3)34(50)55-32-29(49)26(46)23(43)18(13-40)52-32)21(37)6-10-38(16,15-37)56-33-30(27(47)24(44)19(14-41)53-33)54-31-28(48)25(45)22(42)17(12-39)51-31/h17-33,39-49H,1,4-15H2,2-3H3/t17-,18-,19-,20+,21+,22-,23-,24-,25+,26+,27+,28-,29-,30-,31+,32+,33+,35-,36?,37+,38+/m1/s1. The van der Waals surface area contributed by atoms with Gasteiger partial charge in [-0.25, -0.2) is 0 Å². The van der Waals surface area contributed by atoms with Crippen LogP contribution in [-0.4, -0.2) is 180 Å². The summed E-state index contributed by atoms with van der Waals surface area (Å²) in [5.41, 5.74) is -1.80. The van der Waals surface area contributed by atoms with E-state index < -0.39 is 129 Å². The zero-order valence-electron chi connectivity index (χ0n) is 31.8. The molecule has 4 saturated carbocycles. The van der Waals surface area contributed by atoms with Gasteiger partial charge in [-0.1, -0.05) is 19.9 Å². The molecule has 2 bridgehead atoms. The SMILES string of the molecule is C=C1C[C@]23CC[C@@H]4C(C)(C(=O)O[C@@H]5O[C@H](CO)[C@@H](O)[C@H](O)[C@H]5O)CCC[C@@]4(C)[C@@H]2CC[C@]1(O[C@@H]1O[C@H](CO)[C@@H](O)[C@H](O)[C@H]1O[C@@H]1O[C@H](CO)[C@@H](O)[C@H](O)[C@H]1O)C3. The van der Waals surface area contributed by atoms with Crippen molar-refractivity contribution in [3.63, 3.8) is 0 Å². The zero-order chi connectivity index (χ0) is 40.7. The minimum Gasteiger partial charge on any atom is -0.432 e. The molecule has 7 fully saturated rings. The Morgan fingerprint density at radius 2 is 1.21 bits per heavy atom. The molecule has 7 aliphatic rings. The topological polar surface area (TPSA) is 295 Å². The molecule has 0 aromatic rings. The highest BCUT2D eigenvalue weighted by atomic mass is 16.8. The molecule has 21 atom stereocenters. The summed E-state index contributed by atoms with van der Waals surface area (Å²) in [5.74, 6) is -0.591. The molecule has 3 heterocycles. The molecule has 1 spiro atoms. The molecule has 4 aliphatic carbocycles. The van der Waals surface area contributed by atoms with E-state index in [9.17, 15) is 61.0 Å². The molecule has 3 saturated heterocycles. The van der Waals surface area contributed by atoms with Crippen LogP contribution >= 0.6 is 0 Å². The van der Waals surface area contributed by atoms with E-state index >= 15 is 0 Å². The second-order valence-corrected chi connectivity index (χ2v) is 18.0. The number of fused-ring (bicyclic) bond motifs is 3. The van der Waals surface area contributed by atoms with Crippen molar-refractivity contribution in [3.8, 4) is 0 Å². The Bertz CT molecular complexity index is 1450. The van der Waals surface area contributed by atoms with Gasteiger partial charge in [-0.2, -0.15) is 0 Å². The average molecular weight is 805 g/mol. The predicted molar refractivity (Wildman–Crippen MR) is 186 cm³/mol. The fourth-order valence-corrected chi connectivity index (χ4v) is 12.0. The third-order valence-corrected chi connectivity index (χ3v) is 15.0. The highest BCUT2D eigenvalue weighted by Crippen LogP contribution is 2.73. The van der Waals surface area contributed by atoms with Crippen LogP contribution in [0, 0.1) is 28.1 Å². The summed E-state index contributed by atoms with van der Waals surface area (Å²) in [7, 11) is 0. The van der Waals surface area contributed by atoms with E-state index in [4.69, 9.17) is 28.4 Å². The number of esters is 1. The van der Waals surface area contributed by atoms with Gasteiger partial charge in [-0.15, -0.1) is 0 Å². The highest BCUT2D eigenvalue weighted by Gasteiger charge is 2.69. The second kappa shape index (κ2) is 15.6. The average Bonchev–Trinajstić information content (AvgIpc) is 3.37. The molecular weight excluding hydrogens is 744 g/mol. The molecule has 18 heteroatoms. The van der Waals surface area contributed by atoms with Crippen molar-refractivity contribution in [2.45, 2.75) is 169 Å². The van der Waals surface area contributed by atoms with Crippen LogP contribution in [0.1, 0.15) is 71.6 Å². The molecule has 11 N–H and O–H groups in total. The lowest BCUT2D eigenvalue weighted by Gasteiger charge is -2.64. The van der Waals surface area contributed by atoms with E-state index in [0.29, 0.717) is 44.9 Å². The first kappa shape index (κ1) is 42.7. The fraction of sp³-hybridized carbons (Fsp3) is 0.921. The van der Waals surface area contributed by atoms with E-state index in [-0.39, 0.29) is 22.7 Å². The van der Waals surface area contributed by atoms with E-state index in [1.165, 1.54) is 0 Å². The number of aliphatic hydroxyl groups excluding tert-OH is 11. The lowest BCUT2D eigenvalue weighted by molar-refractivity contribution is -0.378. The number of carbonyl (C=O) groups excluding carboxylic acids is 1. The molecule has 18 nitrogen and oxygen atoms in total. The Morgan fingerprint density at radius 3 is 1.82 bits per heavy atom. The zero-order valence-corrected chi connectivity index (χ0v) is 31.8. The summed E-state index contributed by atoms with van der Waals surface area (Å²) >= 11 is 0. The molecule has 0 aromatic carbocycles. The van der Waals surface area contributed by atoms with Crippen LogP contribution in [0.3, 0.4) is 0 Å². The third kappa shape index (κ3) is 6.69. The Balaban J connectivity index is 1.10. The van der Waals surface area contributed by atoms with Crippen LogP contribution < -0.4 is 0 Å². The predicted octanol–water partition coefficient (Wildman–Crippen LogP) is -2.94. The van der Waals surface area contributed by atoms with Crippen LogP contribution in [0.2, 0.25) is 0 Å². The van der Waals surface area contributed by atoms with Crippen molar-refractivity contribution >= 4 is 5.97 Å². The highest BCUT2D eigenvalue weighted by molar-refractivity contribution is 5.77. The Morgan fingerprint density at radius 1 is 0.679 bits per heavy atom. The van der Waals surface area contributed by atoms with Gasteiger partial charge in [0.25, 0.3) is 0 Å². The Hall–Kier alpha value is -1.43. The Labute approximate surface area is 324 Å². The van der Waals surface area contributed by atoms with Gasteiger partial charge < -0.3 is 84.6 Å². The first-order chi connectivity index (χ1) is 26.4. The number of carbonyl (C=O) groups is 1. The summed E-state index contributed by atoms with van der Waals surface area (Å²) in [6, 6.07) is 0. The smallest absolute Gasteiger partial charge is 0.314 e. The number of hydrogen-bond donors (Lipinski definition) is 11. The Kier molecular flexibility index (Phi) is 11.9. The molecule has 1 unspecified atom stereocenters. The molecule has 0 aromatic heterocycles. The fourth-order valence-electron chi connectivity index (χ4n) is 12.0. The minimum absolute atomic E-state index is 0.121. The maximum Gasteiger partial charge on any atom is 0.314 e. The molecule has 320 valence electrons. The number of hydrogen-bond acceptors (Lipinski definition) is 18. The van der Waals surface area contributed by atoms with Crippen molar-refractivity contribution in [1.29, 1.82) is 0 Å². The first-order valence-electron chi connectivity index (χ1n) is 19.9. The van der Waals surface area contributed by atoms with Crippen LogP contribution in [0.5, 0.6) is 0 Å². The van der Waals surface area contributed by atoms with Crippen molar-refractivity contribution < 1.29 is 89.4 Å². The van der Waals surface area contributed by atoms with Crippen molar-refractivity contribution in [1.82, 2.24) is 0 Å². The van der Waals surface area contributed by atoms with Gasteiger partial charge in [-0.05, 0) is 86.5 Å². The van der Waals surface area contributed by atoms with Crippen molar-refractivity contribution in [2.24, 2.45) is 28.1 Å². The molecular formula is C38H60O18. The van der Waals surface area contributed by atoms with Crippen molar-refractivity contribution in [2.75, 3.05) is 19.8 Å². The minimum atomic E-state index is -1.81. The molecule has 56 heavy (non-hydrogen) atoms. The monoisotopic (exact) mass is 804 g/mol. The number of rotatable bonds is 9. The maximum absolute atomic E-state index is 14.1. The first-order valence-corrected chi connectivity index (χ1v) is 19.9. The largest absolute Gasteiger partial charge is 0.432 e. The van der Waals surface area contributed by atoms with Crippen molar-refractivity contribution in [3.05, 3.63) is 12.2 Å². The normalized spacial score (nSPS) is 54.6. The van der Waals surface area contributed by atoms with Gasteiger partial charge in [0.2, 0.25) is 6.29 Å². The van der Waals surface area contributed by atoms with E-state index in [0.717, 1.165) is 18.4 Å². The van der Waals surface area contributed by atoms with Crippen LogP contribution in [0.4, 0.5) is 0 Å². The number of ether oxygens (including phenoxy) is 6. The van der Waals surface area contributed by atoms with Crippen LogP contribution in [0.25, 0.3) is 0 Å². The maximum atomic E-state index is 14.1. The summed E-state index contributed by atoms with van der Waals surface area (Å²) in [6.45, 7) is 6.52. The molecule has 7 rings (SSSR count). The van der Waals surface area contributed by atoms with Gasteiger partial charge in [-0.3, -0.25) is 4.79 Å². The van der Waals surface area contributed by atoms with Gasteiger partial charge in [0.15, 0.2) is 12.6 Å². The van der Waals surface area contributed by atoms with Gasteiger partial charge in [0.05, 0.1) is 30.8 Å². The lowest BCUT2D eigenvalue weighted by Crippen LogP contribution is -2.65. The summed E-state index contributed by atoms with van der Waals surface area (Å²) in [4.78, 5) is 14.1. The van der Waals surface area contributed by atoms with Gasteiger partial charge in [0.1, 0.15) is 73.2 Å². The van der Waals surface area contributed by atoms with E-state index in [2.05, 4.69) is 13.5 Å². The molecule has 3 aliphatic heterocycles. The van der Waals surface area contributed by atoms with E-state index in [1.54, 1.807) is 0 Å². The quantitative estimate of drug-likeness (QED) is 0.0631. The summed E-state index contributed by atoms with van der Waals surface area (Å²) in [6.07, 6.45) is -17.8. The second-order valence-electron chi connectivity index (χ2n) is 18.0. The van der Waals surface area contributed by atoms with E-state index in [1.807, 2.05) is 6.92 Å².